The summed E-state index contributed by atoms with van der Waals surface area (Å²) in [5.41, 5.74) is 3.51. The molecule has 5 nitrogen and oxygen atoms in total. The van der Waals surface area contributed by atoms with Crippen LogP contribution in [0.15, 0.2) is 28.8 Å². The van der Waals surface area contributed by atoms with Crippen LogP contribution in [0.4, 0.5) is 5.13 Å². The van der Waals surface area contributed by atoms with Gasteiger partial charge in [0, 0.05) is 11.6 Å². The van der Waals surface area contributed by atoms with Crippen LogP contribution in [0.2, 0.25) is 5.02 Å². The van der Waals surface area contributed by atoms with E-state index in [0.29, 0.717) is 17.5 Å². The van der Waals surface area contributed by atoms with E-state index in [1.807, 2.05) is 12.3 Å². The Morgan fingerprint density at radius 1 is 1.58 bits per heavy atom. The molecular formula is C12H12ClN3O2S. The third-order valence-electron chi connectivity index (χ3n) is 2.16. The van der Waals surface area contributed by atoms with Crippen molar-refractivity contribution < 1.29 is 9.84 Å². The van der Waals surface area contributed by atoms with Crippen molar-refractivity contribution in [2.75, 3.05) is 12.0 Å². The molecule has 7 heteroatoms. The fourth-order valence-electron chi connectivity index (χ4n) is 1.37. The first kappa shape index (κ1) is 13.6. The molecule has 0 unspecified atom stereocenters. The molecule has 100 valence electrons. The number of hydrogen-bond acceptors (Lipinski definition) is 6. The molecule has 0 atom stereocenters. The molecule has 1 aromatic heterocycles. The number of hydrogen-bond donors (Lipinski definition) is 2. The Morgan fingerprint density at radius 3 is 3.11 bits per heavy atom. The Bertz CT molecular complexity index is 573. The van der Waals surface area contributed by atoms with Crippen LogP contribution in [-0.4, -0.2) is 22.9 Å². The molecule has 0 spiro atoms. The number of nitrogens with zero attached hydrogens (tertiary/aromatic N) is 2. The second kappa shape index (κ2) is 6.40. The first-order valence-electron chi connectivity index (χ1n) is 5.54. The highest BCUT2D eigenvalue weighted by Crippen LogP contribution is 2.34. The van der Waals surface area contributed by atoms with Crippen molar-refractivity contribution >= 4 is 34.3 Å². The lowest BCUT2D eigenvalue weighted by Gasteiger charge is -2.08. The molecule has 0 saturated carbocycles. The second-order valence-electron chi connectivity index (χ2n) is 3.49. The summed E-state index contributed by atoms with van der Waals surface area (Å²) >= 11 is 7.36. The monoisotopic (exact) mass is 297 g/mol. The van der Waals surface area contributed by atoms with Gasteiger partial charge in [-0.2, -0.15) is 5.10 Å². The van der Waals surface area contributed by atoms with E-state index in [1.54, 1.807) is 24.5 Å². The molecular weight excluding hydrogens is 286 g/mol. The molecule has 2 N–H and O–H groups in total. The standard InChI is InChI=1S/C12H12ClN3O2S/c1-2-18-10-6-8(5-9(13)11(10)17)7-15-16-12-14-3-4-19-12/h3-7,17H,2H2,1H3,(H,14,16)/b15-7-. The lowest BCUT2D eigenvalue weighted by atomic mass is 10.2. The van der Waals surface area contributed by atoms with E-state index in [4.69, 9.17) is 16.3 Å². The molecule has 0 aliphatic rings. The number of ether oxygens (including phenoxy) is 1. The minimum atomic E-state index is -0.0615. The number of hydrazone groups is 1. The van der Waals surface area contributed by atoms with E-state index in [2.05, 4.69) is 15.5 Å². The number of nitrogens with one attached hydrogen (secondary N) is 1. The van der Waals surface area contributed by atoms with Crippen LogP contribution in [0.1, 0.15) is 12.5 Å². The number of halogens is 1. The van der Waals surface area contributed by atoms with Crippen molar-refractivity contribution in [2.24, 2.45) is 5.10 Å². The highest BCUT2D eigenvalue weighted by molar-refractivity contribution is 7.13. The van der Waals surface area contributed by atoms with Crippen LogP contribution >= 0.6 is 22.9 Å². The molecule has 19 heavy (non-hydrogen) atoms. The average molecular weight is 298 g/mol. The summed E-state index contributed by atoms with van der Waals surface area (Å²) in [6.07, 6.45) is 3.27. The summed E-state index contributed by atoms with van der Waals surface area (Å²) in [5, 5.41) is 16.5. The van der Waals surface area contributed by atoms with Gasteiger partial charge in [-0.05, 0) is 24.6 Å². The van der Waals surface area contributed by atoms with Crippen LogP contribution in [0.5, 0.6) is 11.5 Å². The Balaban J connectivity index is 2.13. The van der Waals surface area contributed by atoms with Crippen LogP contribution in [0.3, 0.4) is 0 Å². The quantitative estimate of drug-likeness (QED) is 0.656. The molecule has 2 rings (SSSR count). The first-order chi connectivity index (χ1) is 9.20. The second-order valence-corrected chi connectivity index (χ2v) is 4.79. The van der Waals surface area contributed by atoms with Gasteiger partial charge >= 0.3 is 0 Å². The zero-order valence-corrected chi connectivity index (χ0v) is 11.7. The van der Waals surface area contributed by atoms with Gasteiger partial charge in [0.2, 0.25) is 5.13 Å². The van der Waals surface area contributed by atoms with E-state index in [9.17, 15) is 5.11 Å². The molecule has 0 amide bonds. The topological polar surface area (TPSA) is 66.7 Å². The van der Waals surface area contributed by atoms with Gasteiger partial charge in [0.15, 0.2) is 11.5 Å². The minimum absolute atomic E-state index is 0.0615. The Kier molecular flexibility index (Phi) is 4.59. The van der Waals surface area contributed by atoms with Gasteiger partial charge in [-0.3, -0.25) is 5.43 Å². The van der Waals surface area contributed by atoms with Gasteiger partial charge in [0.05, 0.1) is 17.8 Å². The van der Waals surface area contributed by atoms with Crippen molar-refractivity contribution in [2.45, 2.75) is 6.92 Å². The summed E-state index contributed by atoms with van der Waals surface area (Å²) in [7, 11) is 0. The Hall–Kier alpha value is -1.79. The zero-order valence-electron chi connectivity index (χ0n) is 10.1. The largest absolute Gasteiger partial charge is 0.503 e. The van der Waals surface area contributed by atoms with Gasteiger partial charge in [-0.25, -0.2) is 4.98 Å². The third-order valence-corrected chi connectivity index (χ3v) is 3.12. The molecule has 1 aromatic carbocycles. The summed E-state index contributed by atoms with van der Waals surface area (Å²) in [6.45, 7) is 2.28. The number of phenolic OH excluding ortho intramolecular Hbond substituents is 1. The fraction of sp³-hybridized carbons (Fsp3) is 0.167. The van der Waals surface area contributed by atoms with Gasteiger partial charge in [-0.1, -0.05) is 11.6 Å². The minimum Gasteiger partial charge on any atom is -0.503 e. The van der Waals surface area contributed by atoms with Crippen molar-refractivity contribution in [3.8, 4) is 11.5 Å². The van der Waals surface area contributed by atoms with Gasteiger partial charge in [-0.15, -0.1) is 11.3 Å². The molecule has 0 radical (unpaired) electrons. The molecule has 2 aromatic rings. The number of anilines is 1. The van der Waals surface area contributed by atoms with E-state index in [0.717, 1.165) is 5.56 Å². The molecule has 0 saturated heterocycles. The third kappa shape index (κ3) is 3.59. The van der Waals surface area contributed by atoms with Crippen LogP contribution in [0, 0.1) is 0 Å². The van der Waals surface area contributed by atoms with Gasteiger partial charge in [0.1, 0.15) is 0 Å². The van der Waals surface area contributed by atoms with E-state index < -0.39 is 0 Å². The molecule has 1 heterocycles. The van der Waals surface area contributed by atoms with Crippen LogP contribution in [-0.2, 0) is 0 Å². The van der Waals surface area contributed by atoms with Gasteiger partial charge in [0.25, 0.3) is 0 Å². The summed E-state index contributed by atoms with van der Waals surface area (Å²) in [6, 6.07) is 3.27. The van der Waals surface area contributed by atoms with Crippen LogP contribution < -0.4 is 10.2 Å². The van der Waals surface area contributed by atoms with Crippen molar-refractivity contribution in [3.05, 3.63) is 34.3 Å². The number of benzene rings is 1. The van der Waals surface area contributed by atoms with E-state index in [-0.39, 0.29) is 10.8 Å². The summed E-state index contributed by atoms with van der Waals surface area (Å²) in [4.78, 5) is 4.03. The maximum atomic E-state index is 9.70. The smallest absolute Gasteiger partial charge is 0.203 e. The molecule has 0 fully saturated rings. The normalized spacial score (nSPS) is 10.8. The number of thiazole rings is 1. The van der Waals surface area contributed by atoms with Crippen molar-refractivity contribution in [1.82, 2.24) is 4.98 Å². The fourth-order valence-corrected chi connectivity index (χ4v) is 2.07. The SMILES string of the molecule is CCOc1cc(/C=N\Nc2nccs2)cc(Cl)c1O. The first-order valence-corrected chi connectivity index (χ1v) is 6.80. The predicted octanol–water partition coefficient (Wildman–Crippen LogP) is 3.35. The van der Waals surface area contributed by atoms with Crippen molar-refractivity contribution in [1.29, 1.82) is 0 Å². The maximum Gasteiger partial charge on any atom is 0.203 e. The molecule has 0 aliphatic heterocycles. The summed E-state index contributed by atoms with van der Waals surface area (Å²) in [5.74, 6) is 0.277. The number of phenols is 1. The van der Waals surface area contributed by atoms with E-state index >= 15 is 0 Å². The molecule has 0 aliphatic carbocycles. The van der Waals surface area contributed by atoms with Crippen LogP contribution in [0.25, 0.3) is 0 Å². The lowest BCUT2D eigenvalue weighted by molar-refractivity contribution is 0.318. The molecule has 0 bridgehead atoms. The number of aromatic hydroxyl groups is 1. The Morgan fingerprint density at radius 2 is 2.42 bits per heavy atom. The van der Waals surface area contributed by atoms with Gasteiger partial charge < -0.3 is 9.84 Å². The number of rotatable bonds is 5. The Labute approximate surface area is 119 Å². The van der Waals surface area contributed by atoms with E-state index in [1.165, 1.54) is 11.3 Å². The summed E-state index contributed by atoms with van der Waals surface area (Å²) < 4.78 is 5.28. The lowest BCUT2D eigenvalue weighted by Crippen LogP contribution is -1.95. The average Bonchev–Trinajstić information content (AvgIpc) is 2.89. The maximum absolute atomic E-state index is 9.70. The van der Waals surface area contributed by atoms with Crippen molar-refractivity contribution in [3.63, 3.8) is 0 Å². The zero-order chi connectivity index (χ0) is 13.7. The number of aromatic nitrogens is 1. The highest BCUT2D eigenvalue weighted by atomic mass is 35.5. The predicted molar refractivity (Wildman–Crippen MR) is 77.6 cm³/mol. The highest BCUT2D eigenvalue weighted by Gasteiger charge is 2.08.